The van der Waals surface area contributed by atoms with E-state index in [1.54, 1.807) is 27.7 Å². The summed E-state index contributed by atoms with van der Waals surface area (Å²) >= 11 is 0. The van der Waals surface area contributed by atoms with E-state index in [0.29, 0.717) is 0 Å². The van der Waals surface area contributed by atoms with E-state index in [4.69, 9.17) is 4.74 Å². The van der Waals surface area contributed by atoms with Crippen molar-refractivity contribution in [3.8, 4) is 0 Å². The van der Waals surface area contributed by atoms with Gasteiger partial charge in [-0.3, -0.25) is 4.90 Å². The highest BCUT2D eigenvalue weighted by Gasteiger charge is 2.29. The average Bonchev–Trinajstić information content (AvgIpc) is 2.21. The summed E-state index contributed by atoms with van der Waals surface area (Å²) in [5, 5.41) is 0. The minimum atomic E-state index is -0.701. The van der Waals surface area contributed by atoms with Crippen molar-refractivity contribution in [2.24, 2.45) is 0 Å². The molecule has 0 spiro atoms. The van der Waals surface area contributed by atoms with E-state index in [-0.39, 0.29) is 6.54 Å². The summed E-state index contributed by atoms with van der Waals surface area (Å²) in [5.41, 5.74) is -0.605. The second kappa shape index (κ2) is 6.27. The molecule has 1 amide bonds. The molecule has 1 unspecified atom stereocenters. The first-order chi connectivity index (χ1) is 7.72. The van der Waals surface area contributed by atoms with Gasteiger partial charge in [0.25, 0.3) is 0 Å². The third-order valence-corrected chi connectivity index (χ3v) is 1.96. The van der Waals surface area contributed by atoms with Gasteiger partial charge in [0.15, 0.2) is 0 Å². The number of hydrogen-bond acceptors (Lipinski definition) is 4. The van der Waals surface area contributed by atoms with Crippen LogP contribution in [0.4, 0.5) is 4.79 Å². The molecule has 0 aromatic rings. The normalized spacial score (nSPS) is 12.5. The Balaban J connectivity index is 4.78. The smallest absolute Gasteiger partial charge is 0.411 e. The van der Waals surface area contributed by atoms with Gasteiger partial charge in [0.2, 0.25) is 0 Å². The van der Waals surface area contributed by atoms with E-state index < -0.39 is 23.7 Å². The summed E-state index contributed by atoms with van der Waals surface area (Å²) in [5.74, 6) is -0.488. The number of hydrogen-bond donors (Lipinski definition) is 0. The number of carbonyl (C=O) groups excluding carboxylic acids is 2. The number of methoxy groups -OCH3 is 1. The fourth-order valence-corrected chi connectivity index (χ4v) is 1.15. The van der Waals surface area contributed by atoms with Crippen molar-refractivity contribution >= 4 is 12.1 Å². The Morgan fingerprint density at radius 1 is 1.41 bits per heavy atom. The van der Waals surface area contributed by atoms with Crippen LogP contribution < -0.4 is 0 Å². The summed E-state index contributed by atoms with van der Waals surface area (Å²) in [7, 11) is 1.28. The first kappa shape index (κ1) is 15.5. The van der Waals surface area contributed by atoms with Crippen LogP contribution in [-0.2, 0) is 14.3 Å². The molecule has 0 aliphatic rings. The lowest BCUT2D eigenvalue weighted by atomic mass is 10.2. The van der Waals surface area contributed by atoms with Gasteiger partial charge in [-0.2, -0.15) is 0 Å². The van der Waals surface area contributed by atoms with Crippen molar-refractivity contribution in [2.75, 3.05) is 13.7 Å². The van der Waals surface area contributed by atoms with Gasteiger partial charge in [0.05, 0.1) is 7.11 Å². The van der Waals surface area contributed by atoms with Crippen LogP contribution in [0.1, 0.15) is 27.7 Å². The molecule has 0 aliphatic carbocycles. The largest absolute Gasteiger partial charge is 0.467 e. The SMILES string of the molecule is C=CCN(C(=O)OC(C)(C)C)C(C)C(=O)OC. The van der Waals surface area contributed by atoms with E-state index in [0.717, 1.165) is 0 Å². The minimum Gasteiger partial charge on any atom is -0.467 e. The maximum atomic E-state index is 11.9. The minimum absolute atomic E-state index is 0.227. The van der Waals surface area contributed by atoms with Gasteiger partial charge in [-0.25, -0.2) is 9.59 Å². The molecule has 17 heavy (non-hydrogen) atoms. The van der Waals surface area contributed by atoms with Crippen LogP contribution in [0.2, 0.25) is 0 Å². The van der Waals surface area contributed by atoms with Crippen molar-refractivity contribution < 1.29 is 19.1 Å². The van der Waals surface area contributed by atoms with Gasteiger partial charge in [-0.1, -0.05) is 6.08 Å². The molecule has 0 fully saturated rings. The molecule has 0 heterocycles. The third-order valence-electron chi connectivity index (χ3n) is 1.96. The third kappa shape index (κ3) is 5.38. The number of carbonyl (C=O) groups is 2. The quantitative estimate of drug-likeness (QED) is 0.559. The zero-order chi connectivity index (χ0) is 13.6. The molecule has 0 radical (unpaired) electrons. The van der Waals surface area contributed by atoms with Crippen molar-refractivity contribution in [3.63, 3.8) is 0 Å². The predicted octanol–water partition coefficient (Wildman–Crippen LogP) is 1.97. The van der Waals surface area contributed by atoms with Crippen molar-refractivity contribution in [3.05, 3.63) is 12.7 Å². The molecule has 98 valence electrons. The number of esters is 1. The highest BCUT2D eigenvalue weighted by Crippen LogP contribution is 2.12. The number of ether oxygens (including phenoxy) is 2. The van der Waals surface area contributed by atoms with Gasteiger partial charge in [0, 0.05) is 6.54 Å². The van der Waals surface area contributed by atoms with Crippen molar-refractivity contribution in [2.45, 2.75) is 39.3 Å². The fourth-order valence-electron chi connectivity index (χ4n) is 1.15. The van der Waals surface area contributed by atoms with Crippen LogP contribution in [0.5, 0.6) is 0 Å². The highest BCUT2D eigenvalue weighted by molar-refractivity contribution is 5.81. The Labute approximate surface area is 102 Å². The lowest BCUT2D eigenvalue weighted by Gasteiger charge is -2.29. The summed E-state index contributed by atoms with van der Waals surface area (Å²) in [4.78, 5) is 24.5. The van der Waals surface area contributed by atoms with E-state index in [9.17, 15) is 9.59 Å². The zero-order valence-corrected chi connectivity index (χ0v) is 11.1. The summed E-state index contributed by atoms with van der Waals surface area (Å²) < 4.78 is 9.80. The Morgan fingerprint density at radius 3 is 2.29 bits per heavy atom. The standard InChI is InChI=1S/C12H21NO4/c1-7-8-13(9(2)10(14)16-6)11(15)17-12(3,4)5/h7,9H,1,8H2,2-6H3. The molecule has 0 bridgehead atoms. The topological polar surface area (TPSA) is 55.8 Å². The van der Waals surface area contributed by atoms with E-state index in [1.165, 1.54) is 18.1 Å². The molecule has 5 heteroatoms. The van der Waals surface area contributed by atoms with Crippen LogP contribution >= 0.6 is 0 Å². The van der Waals surface area contributed by atoms with Crippen LogP contribution in [0.15, 0.2) is 12.7 Å². The van der Waals surface area contributed by atoms with Crippen LogP contribution in [0.3, 0.4) is 0 Å². The molecule has 1 atom stereocenters. The Hall–Kier alpha value is -1.52. The molecular weight excluding hydrogens is 222 g/mol. The fraction of sp³-hybridized carbons (Fsp3) is 0.667. The van der Waals surface area contributed by atoms with Gasteiger partial charge >= 0.3 is 12.1 Å². The molecule has 0 saturated heterocycles. The second-order valence-corrected chi connectivity index (χ2v) is 4.62. The monoisotopic (exact) mass is 243 g/mol. The van der Waals surface area contributed by atoms with Gasteiger partial charge in [0.1, 0.15) is 11.6 Å². The maximum absolute atomic E-state index is 11.9. The number of rotatable bonds is 4. The maximum Gasteiger partial charge on any atom is 0.411 e. The van der Waals surface area contributed by atoms with E-state index in [2.05, 4.69) is 11.3 Å². The summed E-state index contributed by atoms with van der Waals surface area (Å²) in [6.45, 7) is 10.6. The molecule has 0 saturated carbocycles. The lowest BCUT2D eigenvalue weighted by Crippen LogP contribution is -2.46. The molecule has 0 aromatic carbocycles. The van der Waals surface area contributed by atoms with E-state index in [1.807, 2.05) is 0 Å². The Bertz CT molecular complexity index is 293. The second-order valence-electron chi connectivity index (χ2n) is 4.62. The first-order valence-electron chi connectivity index (χ1n) is 5.41. The van der Waals surface area contributed by atoms with Crippen molar-refractivity contribution in [1.29, 1.82) is 0 Å². The van der Waals surface area contributed by atoms with E-state index >= 15 is 0 Å². The molecule has 0 N–H and O–H groups in total. The lowest BCUT2D eigenvalue weighted by molar-refractivity contribution is -0.145. The van der Waals surface area contributed by atoms with Crippen LogP contribution in [-0.4, -0.2) is 42.3 Å². The Kier molecular flexibility index (Phi) is 5.71. The summed E-state index contributed by atoms with van der Waals surface area (Å²) in [6.07, 6.45) is 0.971. The predicted molar refractivity (Wildman–Crippen MR) is 64.6 cm³/mol. The Morgan fingerprint density at radius 2 is 1.94 bits per heavy atom. The van der Waals surface area contributed by atoms with Crippen molar-refractivity contribution in [1.82, 2.24) is 4.90 Å². The number of amides is 1. The van der Waals surface area contributed by atoms with Gasteiger partial charge < -0.3 is 9.47 Å². The highest BCUT2D eigenvalue weighted by atomic mass is 16.6. The zero-order valence-electron chi connectivity index (χ0n) is 11.1. The van der Waals surface area contributed by atoms with Crippen LogP contribution in [0, 0.1) is 0 Å². The molecule has 5 nitrogen and oxygen atoms in total. The first-order valence-corrected chi connectivity index (χ1v) is 5.41. The molecule has 0 rings (SSSR count). The number of nitrogens with zero attached hydrogens (tertiary/aromatic N) is 1. The average molecular weight is 243 g/mol. The molecular formula is C12H21NO4. The van der Waals surface area contributed by atoms with Crippen LogP contribution in [0.25, 0.3) is 0 Å². The molecule has 0 aromatic heterocycles. The van der Waals surface area contributed by atoms with Gasteiger partial charge in [-0.15, -0.1) is 6.58 Å². The van der Waals surface area contributed by atoms with Gasteiger partial charge in [-0.05, 0) is 27.7 Å². The summed E-state index contributed by atoms with van der Waals surface area (Å²) in [6, 6.07) is -0.701. The molecule has 0 aliphatic heterocycles.